The molecule has 0 aromatic carbocycles. The van der Waals surface area contributed by atoms with Crippen molar-refractivity contribution in [3.05, 3.63) is 0 Å². The fourth-order valence-electron chi connectivity index (χ4n) is 1.73. The van der Waals surface area contributed by atoms with E-state index in [1.165, 1.54) is 12.8 Å². The van der Waals surface area contributed by atoms with E-state index in [2.05, 4.69) is 35.1 Å². The molecule has 82 valence electrons. The maximum Gasteiger partial charge on any atom is 0.223 e. The van der Waals surface area contributed by atoms with Crippen LogP contribution in [-0.4, -0.2) is 16.8 Å². The number of nitrogens with one attached hydrogen (secondary N) is 1. The molecule has 1 amide bonds. The van der Waals surface area contributed by atoms with Crippen molar-refractivity contribution in [2.75, 3.05) is 0 Å². The number of rotatable bonds is 5. The van der Waals surface area contributed by atoms with Crippen LogP contribution in [0.1, 0.15) is 40.0 Å². The van der Waals surface area contributed by atoms with Gasteiger partial charge >= 0.3 is 0 Å². The van der Waals surface area contributed by atoms with Crippen LogP contribution < -0.4 is 5.32 Å². The zero-order valence-corrected chi connectivity index (χ0v) is 10.8. The number of amides is 1. The Bertz CT molecular complexity index is 201. The first-order valence-electron chi connectivity index (χ1n) is 5.45. The Labute approximate surface area is 95.0 Å². The second-order valence-corrected chi connectivity index (χ2v) is 6.12. The molecule has 0 aromatic heterocycles. The van der Waals surface area contributed by atoms with Gasteiger partial charge in [0.15, 0.2) is 0 Å². The molecule has 3 heteroatoms. The van der Waals surface area contributed by atoms with E-state index in [-0.39, 0.29) is 17.9 Å². The van der Waals surface area contributed by atoms with Gasteiger partial charge in [-0.25, -0.2) is 0 Å². The minimum Gasteiger partial charge on any atom is -0.353 e. The molecule has 0 radical (unpaired) electrons. The predicted octanol–water partition coefficient (Wildman–Crippen LogP) is 2.71. The van der Waals surface area contributed by atoms with Crippen LogP contribution in [-0.2, 0) is 4.79 Å². The van der Waals surface area contributed by atoms with E-state index in [1.54, 1.807) is 0 Å². The van der Waals surface area contributed by atoms with Gasteiger partial charge in [-0.05, 0) is 32.1 Å². The molecule has 3 atom stereocenters. The fourth-order valence-corrected chi connectivity index (χ4v) is 2.29. The molecule has 1 aliphatic rings. The quantitative estimate of drug-likeness (QED) is 0.758. The molecule has 3 unspecified atom stereocenters. The van der Waals surface area contributed by atoms with Crippen LogP contribution >= 0.6 is 15.9 Å². The molecular formula is C11H20BrNO. The fraction of sp³-hybridized carbons (Fsp3) is 0.909. The Morgan fingerprint density at radius 2 is 2.00 bits per heavy atom. The highest BCUT2D eigenvalue weighted by atomic mass is 79.9. The van der Waals surface area contributed by atoms with E-state index in [4.69, 9.17) is 0 Å². The van der Waals surface area contributed by atoms with Crippen molar-refractivity contribution in [2.45, 2.75) is 50.9 Å². The lowest BCUT2D eigenvalue weighted by atomic mass is 10.0. The normalized spacial score (nSPS) is 22.6. The molecule has 0 saturated heterocycles. The van der Waals surface area contributed by atoms with Crippen molar-refractivity contribution < 1.29 is 4.79 Å². The summed E-state index contributed by atoms with van der Waals surface area (Å²) in [5.74, 6) is 1.10. The van der Waals surface area contributed by atoms with E-state index in [0.29, 0.717) is 10.7 Å². The number of alkyl halides is 1. The second kappa shape index (κ2) is 5.15. The van der Waals surface area contributed by atoms with Gasteiger partial charge in [-0.15, -0.1) is 0 Å². The molecule has 14 heavy (non-hydrogen) atoms. The lowest BCUT2D eigenvalue weighted by Gasteiger charge is -2.18. The molecule has 0 aromatic rings. The molecular weight excluding hydrogens is 242 g/mol. The third-order valence-corrected chi connectivity index (χ3v) is 3.18. The molecule has 0 heterocycles. The monoisotopic (exact) mass is 261 g/mol. The Morgan fingerprint density at radius 1 is 1.43 bits per heavy atom. The van der Waals surface area contributed by atoms with E-state index in [1.807, 2.05) is 6.92 Å². The number of hydrogen-bond donors (Lipinski definition) is 1. The van der Waals surface area contributed by atoms with Crippen molar-refractivity contribution in [1.82, 2.24) is 5.32 Å². The summed E-state index contributed by atoms with van der Waals surface area (Å²) in [6.07, 6.45) is 3.46. The zero-order valence-electron chi connectivity index (χ0n) is 9.22. The summed E-state index contributed by atoms with van der Waals surface area (Å²) in [7, 11) is 0. The minimum absolute atomic E-state index is 0.211. The number of carbonyl (C=O) groups excluding carboxylic acids is 1. The SMILES string of the molecule is CC(Br)CC(C)NC(=O)C(C)C1CC1. The first-order chi connectivity index (χ1) is 6.50. The van der Waals surface area contributed by atoms with Gasteiger partial charge in [0.1, 0.15) is 0 Å². The predicted molar refractivity (Wildman–Crippen MR) is 62.5 cm³/mol. The second-order valence-electron chi connectivity index (χ2n) is 4.55. The average Bonchev–Trinajstić information content (AvgIpc) is 2.83. The largest absolute Gasteiger partial charge is 0.353 e. The van der Waals surface area contributed by atoms with Crippen molar-refractivity contribution in [1.29, 1.82) is 0 Å². The molecule has 1 saturated carbocycles. The maximum atomic E-state index is 11.7. The van der Waals surface area contributed by atoms with Crippen molar-refractivity contribution >= 4 is 21.8 Å². The molecule has 1 N–H and O–H groups in total. The summed E-state index contributed by atoms with van der Waals surface area (Å²) >= 11 is 3.49. The van der Waals surface area contributed by atoms with Crippen molar-refractivity contribution in [3.63, 3.8) is 0 Å². The average molecular weight is 262 g/mol. The summed E-state index contributed by atoms with van der Waals surface area (Å²) in [4.78, 5) is 12.2. The third kappa shape index (κ3) is 3.99. The summed E-state index contributed by atoms with van der Waals surface area (Å²) in [5, 5.41) is 3.06. The van der Waals surface area contributed by atoms with Crippen molar-refractivity contribution in [2.24, 2.45) is 11.8 Å². The van der Waals surface area contributed by atoms with Crippen LogP contribution in [0.2, 0.25) is 0 Å². The van der Waals surface area contributed by atoms with E-state index in [0.717, 1.165) is 6.42 Å². The summed E-state index contributed by atoms with van der Waals surface area (Å²) in [6, 6.07) is 0.276. The van der Waals surface area contributed by atoms with E-state index < -0.39 is 0 Å². The van der Waals surface area contributed by atoms with Crippen LogP contribution in [0.4, 0.5) is 0 Å². The van der Waals surface area contributed by atoms with Gasteiger partial charge in [0.05, 0.1) is 0 Å². The van der Waals surface area contributed by atoms with Crippen LogP contribution in [0, 0.1) is 11.8 Å². The van der Waals surface area contributed by atoms with Gasteiger partial charge in [-0.3, -0.25) is 4.79 Å². The van der Waals surface area contributed by atoms with Gasteiger partial charge in [0, 0.05) is 16.8 Å². The highest BCUT2D eigenvalue weighted by molar-refractivity contribution is 9.09. The van der Waals surface area contributed by atoms with Crippen LogP contribution in [0.25, 0.3) is 0 Å². The zero-order chi connectivity index (χ0) is 10.7. The number of halogens is 1. The maximum absolute atomic E-state index is 11.7. The van der Waals surface area contributed by atoms with Gasteiger partial charge in [-0.2, -0.15) is 0 Å². The van der Waals surface area contributed by atoms with Crippen LogP contribution in [0.3, 0.4) is 0 Å². The van der Waals surface area contributed by atoms with Crippen LogP contribution in [0.15, 0.2) is 0 Å². The minimum atomic E-state index is 0.211. The van der Waals surface area contributed by atoms with Crippen molar-refractivity contribution in [3.8, 4) is 0 Å². The molecule has 0 spiro atoms. The summed E-state index contributed by atoms with van der Waals surface area (Å²) < 4.78 is 0. The Morgan fingerprint density at radius 3 is 2.43 bits per heavy atom. The molecule has 1 rings (SSSR count). The number of carbonyl (C=O) groups is 1. The molecule has 1 aliphatic carbocycles. The molecule has 0 bridgehead atoms. The lowest BCUT2D eigenvalue weighted by Crippen LogP contribution is -2.37. The molecule has 0 aliphatic heterocycles. The van der Waals surface area contributed by atoms with E-state index in [9.17, 15) is 4.79 Å². The Kier molecular flexibility index (Phi) is 4.42. The smallest absolute Gasteiger partial charge is 0.223 e. The Hall–Kier alpha value is -0.0500. The van der Waals surface area contributed by atoms with E-state index >= 15 is 0 Å². The number of hydrogen-bond acceptors (Lipinski definition) is 1. The van der Waals surface area contributed by atoms with Gasteiger partial charge < -0.3 is 5.32 Å². The topological polar surface area (TPSA) is 29.1 Å². The summed E-state index contributed by atoms with van der Waals surface area (Å²) in [6.45, 7) is 6.21. The van der Waals surface area contributed by atoms with Gasteiger partial charge in [0.25, 0.3) is 0 Å². The lowest BCUT2D eigenvalue weighted by molar-refractivity contribution is -0.125. The first kappa shape index (κ1) is 12.0. The first-order valence-corrected chi connectivity index (χ1v) is 6.36. The van der Waals surface area contributed by atoms with Crippen LogP contribution in [0.5, 0.6) is 0 Å². The molecule has 1 fully saturated rings. The third-order valence-electron chi connectivity index (χ3n) is 2.81. The molecule has 2 nitrogen and oxygen atoms in total. The standard InChI is InChI=1S/C11H20BrNO/c1-7(12)6-8(2)13-11(14)9(3)10-4-5-10/h7-10H,4-6H2,1-3H3,(H,13,14). The van der Waals surface area contributed by atoms with Gasteiger partial charge in [0.2, 0.25) is 5.91 Å². The van der Waals surface area contributed by atoms with Gasteiger partial charge in [-0.1, -0.05) is 29.8 Å². The summed E-state index contributed by atoms with van der Waals surface area (Å²) in [5.41, 5.74) is 0. The highest BCUT2D eigenvalue weighted by Crippen LogP contribution is 2.36. The highest BCUT2D eigenvalue weighted by Gasteiger charge is 2.32. The Balaban J connectivity index is 2.24.